The smallest absolute Gasteiger partial charge is 0.134 e. The molecule has 0 aliphatic heterocycles. The van der Waals surface area contributed by atoms with Gasteiger partial charge < -0.3 is 10.2 Å². The van der Waals surface area contributed by atoms with Crippen LogP contribution in [0.15, 0.2) is 28.7 Å². The van der Waals surface area contributed by atoms with Gasteiger partial charge in [0.15, 0.2) is 0 Å². The van der Waals surface area contributed by atoms with Crippen LogP contribution in [0.4, 0.5) is 0 Å². The monoisotopic (exact) mass is 193 g/mol. The van der Waals surface area contributed by atoms with Gasteiger partial charge in [-0.15, -0.1) is 0 Å². The lowest BCUT2D eigenvalue weighted by atomic mass is 10.1. The van der Waals surface area contributed by atoms with Crippen molar-refractivity contribution in [3.63, 3.8) is 0 Å². The summed E-state index contributed by atoms with van der Waals surface area (Å²) in [6.45, 7) is 0.435. The van der Waals surface area contributed by atoms with E-state index in [1.807, 2.05) is 24.3 Å². The molecule has 0 radical (unpaired) electrons. The van der Waals surface area contributed by atoms with E-state index in [9.17, 15) is 0 Å². The highest BCUT2D eigenvalue weighted by molar-refractivity contribution is 7.79. The largest absolute Gasteiger partial charge is 0.459 e. The highest BCUT2D eigenvalue weighted by atomic mass is 32.1. The zero-order valence-corrected chi connectivity index (χ0v) is 8.05. The fourth-order valence-corrected chi connectivity index (χ4v) is 1.83. The summed E-state index contributed by atoms with van der Waals surface area (Å²) < 4.78 is 5.57. The van der Waals surface area contributed by atoms with Crippen LogP contribution in [-0.4, -0.2) is 0 Å². The molecule has 2 rings (SSSR count). The molecule has 1 aromatic carbocycles. The molecule has 0 unspecified atom stereocenters. The summed E-state index contributed by atoms with van der Waals surface area (Å²) >= 11 is 4.26. The quantitative estimate of drug-likeness (QED) is 0.718. The van der Waals surface area contributed by atoms with Crippen molar-refractivity contribution in [3.8, 4) is 0 Å². The predicted octanol–water partition coefficient (Wildman–Crippen LogP) is 2.32. The fraction of sp³-hybridized carbons (Fsp3) is 0.200. The van der Waals surface area contributed by atoms with Gasteiger partial charge in [0.1, 0.15) is 11.3 Å². The lowest BCUT2D eigenvalue weighted by Gasteiger charge is -1.93. The van der Waals surface area contributed by atoms with Gasteiger partial charge in [0.2, 0.25) is 0 Å². The van der Waals surface area contributed by atoms with Gasteiger partial charge in [-0.3, -0.25) is 0 Å². The Morgan fingerprint density at radius 2 is 2.08 bits per heavy atom. The molecule has 0 aliphatic rings. The van der Waals surface area contributed by atoms with Crippen molar-refractivity contribution in [3.05, 3.63) is 35.6 Å². The minimum atomic E-state index is 0.435. The molecule has 0 saturated heterocycles. The van der Waals surface area contributed by atoms with E-state index in [1.165, 1.54) is 0 Å². The lowest BCUT2D eigenvalue weighted by molar-refractivity contribution is 0.548. The van der Waals surface area contributed by atoms with Gasteiger partial charge in [-0.2, -0.15) is 12.6 Å². The molecular weight excluding hydrogens is 182 g/mol. The Morgan fingerprint density at radius 1 is 1.31 bits per heavy atom. The van der Waals surface area contributed by atoms with Crippen LogP contribution in [-0.2, 0) is 12.3 Å². The van der Waals surface area contributed by atoms with Crippen LogP contribution in [0.1, 0.15) is 11.3 Å². The highest BCUT2D eigenvalue weighted by Crippen LogP contribution is 2.26. The van der Waals surface area contributed by atoms with Crippen LogP contribution >= 0.6 is 12.6 Å². The molecule has 3 heteroatoms. The van der Waals surface area contributed by atoms with Gasteiger partial charge in [0.05, 0.1) is 6.54 Å². The number of hydrogen-bond acceptors (Lipinski definition) is 3. The summed E-state index contributed by atoms with van der Waals surface area (Å²) in [5, 5.41) is 1.12. The fourth-order valence-electron chi connectivity index (χ4n) is 1.49. The molecule has 0 aliphatic carbocycles. The number of para-hydroxylation sites is 1. The van der Waals surface area contributed by atoms with Crippen LogP contribution in [0.5, 0.6) is 0 Å². The standard InChI is InChI=1S/C10H11NOS/c11-5-10-8(6-13)7-3-1-2-4-9(7)12-10/h1-4,13H,5-6,11H2. The molecule has 1 heterocycles. The van der Waals surface area contributed by atoms with E-state index in [4.69, 9.17) is 10.2 Å². The van der Waals surface area contributed by atoms with Crippen molar-refractivity contribution in [1.82, 2.24) is 0 Å². The normalized spacial score (nSPS) is 10.9. The zero-order valence-electron chi connectivity index (χ0n) is 7.16. The Hall–Kier alpha value is -0.930. The van der Waals surface area contributed by atoms with Crippen molar-refractivity contribution in [2.75, 3.05) is 0 Å². The molecule has 0 amide bonds. The first kappa shape index (κ1) is 8.66. The second-order valence-corrected chi connectivity index (χ2v) is 3.18. The molecule has 1 aromatic heterocycles. The molecule has 13 heavy (non-hydrogen) atoms. The Kier molecular flexibility index (Phi) is 2.29. The average Bonchev–Trinajstić information content (AvgIpc) is 2.55. The molecule has 2 nitrogen and oxygen atoms in total. The molecule has 2 aromatic rings. The molecular formula is C10H11NOS. The number of fused-ring (bicyclic) bond motifs is 1. The summed E-state index contributed by atoms with van der Waals surface area (Å²) in [5.41, 5.74) is 7.57. The number of thiol groups is 1. The first-order valence-electron chi connectivity index (χ1n) is 4.17. The van der Waals surface area contributed by atoms with Gasteiger partial charge >= 0.3 is 0 Å². The number of furan rings is 1. The lowest BCUT2D eigenvalue weighted by Crippen LogP contribution is -1.96. The van der Waals surface area contributed by atoms with Gasteiger partial charge in [-0.05, 0) is 6.07 Å². The van der Waals surface area contributed by atoms with Crippen molar-refractivity contribution >= 4 is 23.6 Å². The molecule has 0 saturated carbocycles. The van der Waals surface area contributed by atoms with E-state index in [2.05, 4.69) is 12.6 Å². The van der Waals surface area contributed by atoms with E-state index >= 15 is 0 Å². The maximum absolute atomic E-state index is 5.57. The average molecular weight is 193 g/mol. The third-order valence-electron chi connectivity index (χ3n) is 2.13. The maximum Gasteiger partial charge on any atom is 0.134 e. The Morgan fingerprint density at radius 3 is 2.77 bits per heavy atom. The minimum Gasteiger partial charge on any atom is -0.459 e. The molecule has 0 fully saturated rings. The SMILES string of the molecule is NCc1oc2ccccc2c1CS. The van der Waals surface area contributed by atoms with Crippen LogP contribution in [0.25, 0.3) is 11.0 Å². The van der Waals surface area contributed by atoms with Crippen molar-refractivity contribution in [1.29, 1.82) is 0 Å². The maximum atomic E-state index is 5.57. The summed E-state index contributed by atoms with van der Waals surface area (Å²) in [4.78, 5) is 0. The van der Waals surface area contributed by atoms with E-state index in [0.29, 0.717) is 12.3 Å². The molecule has 0 bridgehead atoms. The second kappa shape index (κ2) is 3.44. The number of benzene rings is 1. The molecule has 0 atom stereocenters. The van der Waals surface area contributed by atoms with Crippen molar-refractivity contribution in [2.24, 2.45) is 5.73 Å². The van der Waals surface area contributed by atoms with Gasteiger partial charge in [0, 0.05) is 16.7 Å². The number of nitrogens with two attached hydrogens (primary N) is 1. The third kappa shape index (κ3) is 1.34. The van der Waals surface area contributed by atoms with Crippen LogP contribution in [0.2, 0.25) is 0 Å². The topological polar surface area (TPSA) is 39.2 Å². The van der Waals surface area contributed by atoms with E-state index in [1.54, 1.807) is 0 Å². The first-order chi connectivity index (χ1) is 6.36. The summed E-state index contributed by atoms with van der Waals surface area (Å²) in [6.07, 6.45) is 0. The Balaban J connectivity index is 2.73. The minimum absolute atomic E-state index is 0.435. The first-order valence-corrected chi connectivity index (χ1v) is 4.80. The van der Waals surface area contributed by atoms with E-state index in [-0.39, 0.29) is 0 Å². The van der Waals surface area contributed by atoms with Gasteiger partial charge in [-0.1, -0.05) is 18.2 Å². The predicted molar refractivity (Wildman–Crippen MR) is 56.8 cm³/mol. The van der Waals surface area contributed by atoms with Crippen LogP contribution in [0.3, 0.4) is 0 Å². The molecule has 0 spiro atoms. The number of hydrogen-bond donors (Lipinski definition) is 2. The van der Waals surface area contributed by atoms with Gasteiger partial charge in [0.25, 0.3) is 0 Å². The highest BCUT2D eigenvalue weighted by Gasteiger charge is 2.09. The summed E-state index contributed by atoms with van der Waals surface area (Å²) in [7, 11) is 0. The van der Waals surface area contributed by atoms with Crippen LogP contribution < -0.4 is 5.73 Å². The Bertz CT molecular complexity index is 422. The number of rotatable bonds is 2. The van der Waals surface area contributed by atoms with E-state index < -0.39 is 0 Å². The van der Waals surface area contributed by atoms with Crippen LogP contribution in [0, 0.1) is 0 Å². The van der Waals surface area contributed by atoms with Gasteiger partial charge in [-0.25, -0.2) is 0 Å². The van der Waals surface area contributed by atoms with E-state index in [0.717, 1.165) is 22.3 Å². The second-order valence-electron chi connectivity index (χ2n) is 2.86. The Labute approximate surface area is 82.1 Å². The van der Waals surface area contributed by atoms with Crippen molar-refractivity contribution < 1.29 is 4.42 Å². The third-order valence-corrected chi connectivity index (χ3v) is 2.44. The summed E-state index contributed by atoms with van der Waals surface area (Å²) in [6, 6.07) is 7.92. The zero-order chi connectivity index (χ0) is 9.26. The van der Waals surface area contributed by atoms with Crippen molar-refractivity contribution in [2.45, 2.75) is 12.3 Å². The molecule has 2 N–H and O–H groups in total. The summed E-state index contributed by atoms with van der Waals surface area (Å²) in [5.74, 6) is 1.51. The molecule has 68 valence electrons.